The second-order valence-electron chi connectivity index (χ2n) is 4.65. The van der Waals surface area contributed by atoms with Gasteiger partial charge in [-0.1, -0.05) is 60.7 Å². The van der Waals surface area contributed by atoms with Gasteiger partial charge in [-0.3, -0.25) is 0 Å². The molecule has 0 saturated carbocycles. The molecule has 1 heterocycles. The highest BCUT2D eigenvalue weighted by molar-refractivity contribution is 5.43. The third-order valence-electron chi connectivity index (χ3n) is 3.44. The number of aliphatic hydroxyl groups is 1. The van der Waals surface area contributed by atoms with Crippen LogP contribution in [0.2, 0.25) is 0 Å². The summed E-state index contributed by atoms with van der Waals surface area (Å²) in [4.78, 5) is 0. The van der Waals surface area contributed by atoms with Gasteiger partial charge in [0.05, 0.1) is 6.61 Å². The smallest absolute Gasteiger partial charge is 0.172 e. The van der Waals surface area contributed by atoms with E-state index in [9.17, 15) is 5.11 Å². The van der Waals surface area contributed by atoms with Crippen molar-refractivity contribution < 1.29 is 9.84 Å². The Morgan fingerprint density at radius 2 is 1.37 bits per heavy atom. The normalized spacial score (nSPS) is 14.9. The van der Waals surface area contributed by atoms with Gasteiger partial charge >= 0.3 is 0 Å². The minimum absolute atomic E-state index is 0.630. The maximum absolute atomic E-state index is 11.3. The zero-order chi connectivity index (χ0) is 13.1. The van der Waals surface area contributed by atoms with Gasteiger partial charge in [-0.2, -0.15) is 0 Å². The quantitative estimate of drug-likeness (QED) is 0.908. The van der Waals surface area contributed by atoms with Crippen molar-refractivity contribution in [3.8, 4) is 0 Å². The highest BCUT2D eigenvalue weighted by Gasteiger charge is 2.38. The average Bonchev–Trinajstić information content (AvgIpc) is 3.03. The predicted octanol–water partition coefficient (Wildman–Crippen LogP) is 3.23. The Morgan fingerprint density at radius 3 is 1.79 bits per heavy atom. The van der Waals surface area contributed by atoms with Gasteiger partial charge in [0.2, 0.25) is 0 Å². The molecule has 0 aliphatic carbocycles. The number of rotatable bonds is 3. The summed E-state index contributed by atoms with van der Waals surface area (Å²) in [5.74, 6) is 0.630. The van der Waals surface area contributed by atoms with Gasteiger partial charge in [-0.25, -0.2) is 0 Å². The Bertz CT molecular complexity index is 533. The van der Waals surface area contributed by atoms with Crippen LogP contribution < -0.4 is 0 Å². The fourth-order valence-corrected chi connectivity index (χ4v) is 2.48. The van der Waals surface area contributed by atoms with Gasteiger partial charge in [0.15, 0.2) is 5.60 Å². The lowest BCUT2D eigenvalue weighted by atomic mass is 9.84. The van der Waals surface area contributed by atoms with Crippen molar-refractivity contribution in [1.29, 1.82) is 0 Å². The molecule has 1 aliphatic heterocycles. The lowest BCUT2D eigenvalue weighted by Crippen LogP contribution is -2.30. The minimum Gasteiger partial charge on any atom is -0.494 e. The molecule has 0 fully saturated rings. The average molecular weight is 252 g/mol. The Balaban J connectivity index is 2.16. The molecule has 0 aromatic heterocycles. The van der Waals surface area contributed by atoms with E-state index < -0.39 is 5.60 Å². The fraction of sp³-hybridized carbons (Fsp3) is 0.176. The summed E-state index contributed by atoms with van der Waals surface area (Å²) >= 11 is 0. The van der Waals surface area contributed by atoms with E-state index in [1.54, 1.807) is 0 Å². The van der Waals surface area contributed by atoms with Crippen molar-refractivity contribution in [2.75, 3.05) is 6.61 Å². The summed E-state index contributed by atoms with van der Waals surface area (Å²) in [5.41, 5.74) is 0.461. The maximum atomic E-state index is 11.3. The largest absolute Gasteiger partial charge is 0.494 e. The van der Waals surface area contributed by atoms with E-state index in [1.807, 2.05) is 66.7 Å². The Labute approximate surface area is 113 Å². The molecule has 3 rings (SSSR count). The van der Waals surface area contributed by atoms with Crippen molar-refractivity contribution in [1.82, 2.24) is 0 Å². The molecule has 2 nitrogen and oxygen atoms in total. The first-order valence-electron chi connectivity index (χ1n) is 6.48. The first-order chi connectivity index (χ1) is 9.32. The van der Waals surface area contributed by atoms with Gasteiger partial charge in [-0.05, 0) is 17.2 Å². The zero-order valence-electron chi connectivity index (χ0n) is 10.6. The predicted molar refractivity (Wildman–Crippen MR) is 74.5 cm³/mol. The summed E-state index contributed by atoms with van der Waals surface area (Å²) in [6.45, 7) is 0.636. The van der Waals surface area contributed by atoms with Crippen LogP contribution in [0.3, 0.4) is 0 Å². The van der Waals surface area contributed by atoms with Crippen molar-refractivity contribution in [3.63, 3.8) is 0 Å². The Morgan fingerprint density at radius 1 is 0.842 bits per heavy atom. The van der Waals surface area contributed by atoms with Crippen LogP contribution in [-0.2, 0) is 10.3 Å². The molecule has 0 unspecified atom stereocenters. The van der Waals surface area contributed by atoms with Crippen molar-refractivity contribution in [2.24, 2.45) is 0 Å². The molecule has 0 atom stereocenters. The molecule has 2 aromatic rings. The Hall–Kier alpha value is -2.06. The molecule has 0 saturated heterocycles. The lowest BCUT2D eigenvalue weighted by molar-refractivity contribution is 0.0500. The van der Waals surface area contributed by atoms with Crippen LogP contribution in [0.25, 0.3) is 0 Å². The van der Waals surface area contributed by atoms with Gasteiger partial charge in [0, 0.05) is 6.42 Å². The molecule has 0 amide bonds. The van der Waals surface area contributed by atoms with Crippen LogP contribution in [0.4, 0.5) is 0 Å². The Kier molecular flexibility index (Phi) is 3.10. The number of ether oxygens (including phenoxy) is 1. The van der Waals surface area contributed by atoms with E-state index in [1.165, 1.54) is 0 Å². The second kappa shape index (κ2) is 4.90. The van der Waals surface area contributed by atoms with Crippen LogP contribution in [-0.4, -0.2) is 11.7 Å². The van der Waals surface area contributed by atoms with Gasteiger partial charge in [-0.15, -0.1) is 0 Å². The van der Waals surface area contributed by atoms with Crippen LogP contribution in [0.15, 0.2) is 72.5 Å². The first kappa shape index (κ1) is 12.0. The van der Waals surface area contributed by atoms with Crippen molar-refractivity contribution >= 4 is 0 Å². The topological polar surface area (TPSA) is 29.5 Å². The molecule has 1 N–H and O–H groups in total. The molecule has 19 heavy (non-hydrogen) atoms. The minimum atomic E-state index is -1.20. The molecular weight excluding hydrogens is 236 g/mol. The first-order valence-corrected chi connectivity index (χ1v) is 6.48. The standard InChI is InChI=1S/C17H16O2/c18-17(16-12-7-13-19-16,14-8-3-1-4-9-14)15-10-5-2-6-11-15/h1-6,8-12,18H,7,13H2. The highest BCUT2D eigenvalue weighted by Crippen LogP contribution is 2.38. The second-order valence-corrected chi connectivity index (χ2v) is 4.65. The molecule has 0 bridgehead atoms. The van der Waals surface area contributed by atoms with E-state index >= 15 is 0 Å². The van der Waals surface area contributed by atoms with Crippen LogP contribution >= 0.6 is 0 Å². The molecule has 0 radical (unpaired) electrons. The summed E-state index contributed by atoms with van der Waals surface area (Å²) in [7, 11) is 0. The summed E-state index contributed by atoms with van der Waals surface area (Å²) < 4.78 is 5.64. The van der Waals surface area contributed by atoms with E-state index in [0.717, 1.165) is 17.5 Å². The van der Waals surface area contributed by atoms with Crippen LogP contribution in [0.5, 0.6) is 0 Å². The number of hydrogen-bond donors (Lipinski definition) is 1. The van der Waals surface area contributed by atoms with Crippen LogP contribution in [0.1, 0.15) is 17.5 Å². The van der Waals surface area contributed by atoms with Crippen molar-refractivity contribution in [2.45, 2.75) is 12.0 Å². The lowest BCUT2D eigenvalue weighted by Gasteiger charge is -2.30. The summed E-state index contributed by atoms with van der Waals surface area (Å²) in [5, 5.41) is 11.3. The van der Waals surface area contributed by atoms with Crippen LogP contribution in [0, 0.1) is 0 Å². The zero-order valence-corrected chi connectivity index (χ0v) is 10.6. The SMILES string of the molecule is OC(C1=CCCO1)(c1ccccc1)c1ccccc1. The third kappa shape index (κ3) is 2.04. The van der Waals surface area contributed by atoms with Gasteiger partial charge < -0.3 is 9.84 Å². The van der Waals surface area contributed by atoms with E-state index in [0.29, 0.717) is 12.4 Å². The van der Waals surface area contributed by atoms with Gasteiger partial charge in [0.1, 0.15) is 5.76 Å². The van der Waals surface area contributed by atoms with E-state index in [4.69, 9.17) is 4.74 Å². The number of benzene rings is 2. The monoisotopic (exact) mass is 252 g/mol. The summed E-state index contributed by atoms with van der Waals surface area (Å²) in [6.07, 6.45) is 2.82. The molecule has 0 spiro atoms. The van der Waals surface area contributed by atoms with E-state index in [2.05, 4.69) is 0 Å². The van der Waals surface area contributed by atoms with E-state index in [-0.39, 0.29) is 0 Å². The number of hydrogen-bond acceptors (Lipinski definition) is 2. The molecule has 2 heteroatoms. The highest BCUT2D eigenvalue weighted by atomic mass is 16.5. The molecule has 1 aliphatic rings. The summed E-state index contributed by atoms with van der Waals surface area (Å²) in [6, 6.07) is 19.3. The third-order valence-corrected chi connectivity index (χ3v) is 3.44. The molecular formula is C17H16O2. The van der Waals surface area contributed by atoms with Gasteiger partial charge in [0.25, 0.3) is 0 Å². The maximum Gasteiger partial charge on any atom is 0.172 e. The van der Waals surface area contributed by atoms with Crippen molar-refractivity contribution in [3.05, 3.63) is 83.6 Å². The fourth-order valence-electron chi connectivity index (χ4n) is 2.48. The molecule has 2 aromatic carbocycles. The molecule has 96 valence electrons.